The number of nitrogens with one attached hydrogen (secondary N) is 3. The number of aromatic nitrogens is 1. The Bertz CT molecular complexity index is 1390. The van der Waals surface area contributed by atoms with Gasteiger partial charge >= 0.3 is 12.3 Å². The number of amides is 2. The minimum Gasteiger partial charge on any atom is -0.448 e. The molecule has 2 heterocycles. The number of hydrogen-bond acceptors (Lipinski definition) is 7. The van der Waals surface area contributed by atoms with Crippen molar-refractivity contribution in [1.29, 1.82) is 0 Å². The molecule has 45 heavy (non-hydrogen) atoms. The van der Waals surface area contributed by atoms with Crippen molar-refractivity contribution in [2.24, 2.45) is 5.73 Å². The van der Waals surface area contributed by atoms with Crippen LogP contribution in [0.5, 0.6) is 0 Å². The zero-order valence-electron chi connectivity index (χ0n) is 23.8. The molecule has 1 aliphatic heterocycles. The van der Waals surface area contributed by atoms with Gasteiger partial charge in [-0.1, -0.05) is 24.3 Å². The Morgan fingerprint density at radius 1 is 1.02 bits per heavy atom. The van der Waals surface area contributed by atoms with E-state index in [0.717, 1.165) is 6.20 Å². The quantitative estimate of drug-likeness (QED) is 0.232. The van der Waals surface area contributed by atoms with Crippen molar-refractivity contribution in [3.8, 4) is 0 Å². The van der Waals surface area contributed by atoms with E-state index in [0.29, 0.717) is 17.5 Å². The lowest BCUT2D eigenvalue weighted by atomic mass is 9.85. The molecule has 2 aromatic carbocycles. The Morgan fingerprint density at radius 3 is 2.20 bits per heavy atom. The molecular formula is C30H31F6N5O4. The standard InChI is InChI=1S/C30H31F6N5O4/c31-19-5-1-17(2-6-19)26(18-3-7-20(32)8-4-18)27(37)28(42)41-25-13-38-12-24(33)23(25)10-9-22-11-39-21(14-44-22)15-45-29(43)40-16-30(34,35)36/h1-8,12-13,21-22,26-27,39H,9-11,14-16,37H2,(H,40,43)(H,41,42)/t21?,22-,27?/m1/s1. The first-order valence-electron chi connectivity index (χ1n) is 13.9. The molecule has 3 atom stereocenters. The van der Waals surface area contributed by atoms with Gasteiger partial charge in [-0.15, -0.1) is 0 Å². The predicted octanol–water partition coefficient (Wildman–Crippen LogP) is 4.17. The zero-order valence-corrected chi connectivity index (χ0v) is 23.8. The maximum Gasteiger partial charge on any atom is 0.407 e. The number of ether oxygens (including phenoxy) is 2. The number of anilines is 1. The van der Waals surface area contributed by atoms with Crippen molar-refractivity contribution in [1.82, 2.24) is 15.6 Å². The summed E-state index contributed by atoms with van der Waals surface area (Å²) in [6.07, 6.45) is -3.42. The minimum absolute atomic E-state index is 0.0860. The molecule has 1 aliphatic rings. The van der Waals surface area contributed by atoms with Crippen LogP contribution in [0.4, 0.5) is 36.8 Å². The Labute approximate surface area is 254 Å². The number of pyridine rings is 1. The molecule has 0 bridgehead atoms. The molecular weight excluding hydrogens is 608 g/mol. The number of rotatable bonds is 11. The highest BCUT2D eigenvalue weighted by atomic mass is 19.4. The summed E-state index contributed by atoms with van der Waals surface area (Å²) in [4.78, 5) is 28.6. The van der Waals surface area contributed by atoms with E-state index in [4.69, 9.17) is 15.2 Å². The number of nitrogens with two attached hydrogens (primary N) is 1. The van der Waals surface area contributed by atoms with Crippen LogP contribution in [0.15, 0.2) is 60.9 Å². The summed E-state index contributed by atoms with van der Waals surface area (Å²) in [5, 5.41) is 7.31. The van der Waals surface area contributed by atoms with Crippen molar-refractivity contribution in [2.75, 3.05) is 31.6 Å². The van der Waals surface area contributed by atoms with Gasteiger partial charge in [0.2, 0.25) is 5.91 Å². The monoisotopic (exact) mass is 639 g/mol. The fraction of sp³-hybridized carbons (Fsp3) is 0.367. The van der Waals surface area contributed by atoms with Crippen LogP contribution in [0.25, 0.3) is 0 Å². The minimum atomic E-state index is -4.56. The van der Waals surface area contributed by atoms with Crippen molar-refractivity contribution >= 4 is 17.7 Å². The summed E-state index contributed by atoms with van der Waals surface area (Å²) in [7, 11) is 0. The van der Waals surface area contributed by atoms with Gasteiger partial charge in [-0.25, -0.2) is 18.0 Å². The number of alkyl halides is 3. The van der Waals surface area contributed by atoms with Crippen molar-refractivity contribution in [3.63, 3.8) is 0 Å². The molecule has 2 unspecified atom stereocenters. The Balaban J connectivity index is 1.35. The average Bonchev–Trinajstić information content (AvgIpc) is 3.01. The van der Waals surface area contributed by atoms with Crippen molar-refractivity contribution in [3.05, 3.63) is 95.1 Å². The van der Waals surface area contributed by atoms with Crippen LogP contribution in [-0.4, -0.2) is 67.7 Å². The molecule has 242 valence electrons. The van der Waals surface area contributed by atoms with Crippen LogP contribution in [0.1, 0.15) is 29.0 Å². The predicted molar refractivity (Wildman–Crippen MR) is 151 cm³/mol. The second kappa shape index (κ2) is 15.2. The highest BCUT2D eigenvalue weighted by Crippen LogP contribution is 2.29. The van der Waals surface area contributed by atoms with E-state index in [1.165, 1.54) is 54.7 Å². The van der Waals surface area contributed by atoms with Gasteiger partial charge in [-0.3, -0.25) is 9.78 Å². The number of carbonyl (C=O) groups is 2. The first-order chi connectivity index (χ1) is 21.4. The van der Waals surface area contributed by atoms with E-state index in [9.17, 15) is 35.9 Å². The molecule has 15 heteroatoms. The lowest BCUT2D eigenvalue weighted by Crippen LogP contribution is -2.49. The maximum absolute atomic E-state index is 14.9. The number of carbonyl (C=O) groups excluding carboxylic acids is 2. The second-order valence-electron chi connectivity index (χ2n) is 10.4. The molecule has 5 N–H and O–H groups in total. The molecule has 3 aromatic rings. The fourth-order valence-corrected chi connectivity index (χ4v) is 4.80. The van der Waals surface area contributed by atoms with Crippen LogP contribution < -0.4 is 21.7 Å². The van der Waals surface area contributed by atoms with E-state index < -0.39 is 60.2 Å². The molecule has 1 fully saturated rings. The number of hydrogen-bond donors (Lipinski definition) is 4. The molecule has 1 aromatic heterocycles. The van der Waals surface area contributed by atoms with Gasteiger partial charge in [-0.2, -0.15) is 13.2 Å². The molecule has 0 radical (unpaired) electrons. The van der Waals surface area contributed by atoms with Crippen molar-refractivity contribution in [2.45, 2.75) is 43.1 Å². The molecule has 4 rings (SSSR count). The highest BCUT2D eigenvalue weighted by molar-refractivity contribution is 5.96. The van der Waals surface area contributed by atoms with E-state index in [-0.39, 0.29) is 43.5 Å². The normalized spacial score (nSPS) is 17.5. The topological polar surface area (TPSA) is 128 Å². The smallest absolute Gasteiger partial charge is 0.407 e. The van der Waals surface area contributed by atoms with Gasteiger partial charge in [0.1, 0.15) is 30.6 Å². The van der Waals surface area contributed by atoms with E-state index in [1.807, 2.05) is 0 Å². The van der Waals surface area contributed by atoms with Gasteiger partial charge in [0.15, 0.2) is 0 Å². The van der Waals surface area contributed by atoms with Gasteiger partial charge in [-0.05, 0) is 48.2 Å². The summed E-state index contributed by atoms with van der Waals surface area (Å²) in [5.41, 5.74) is 7.66. The summed E-state index contributed by atoms with van der Waals surface area (Å²) in [6, 6.07) is 9.09. The molecule has 0 aliphatic carbocycles. The van der Waals surface area contributed by atoms with Gasteiger partial charge < -0.3 is 31.2 Å². The summed E-state index contributed by atoms with van der Waals surface area (Å²) < 4.78 is 89.3. The summed E-state index contributed by atoms with van der Waals surface area (Å²) in [5.74, 6) is -3.11. The SMILES string of the molecule is NC(C(=O)Nc1cncc(F)c1CC[C@@H]1CNC(COC(=O)NCC(F)(F)F)CO1)C(c1ccc(F)cc1)c1ccc(F)cc1. The third-order valence-electron chi connectivity index (χ3n) is 7.12. The molecule has 0 saturated carbocycles. The molecule has 1 saturated heterocycles. The number of nitrogens with zero attached hydrogens (tertiary/aromatic N) is 1. The van der Waals surface area contributed by atoms with Crippen LogP contribution in [0.3, 0.4) is 0 Å². The van der Waals surface area contributed by atoms with Gasteiger partial charge in [0.25, 0.3) is 0 Å². The maximum atomic E-state index is 14.9. The Morgan fingerprint density at radius 2 is 1.64 bits per heavy atom. The fourth-order valence-electron chi connectivity index (χ4n) is 4.80. The average molecular weight is 640 g/mol. The third-order valence-corrected chi connectivity index (χ3v) is 7.12. The van der Waals surface area contributed by atoms with Gasteiger partial charge in [0.05, 0.1) is 42.9 Å². The molecule has 9 nitrogen and oxygen atoms in total. The Hall–Kier alpha value is -4.21. The first-order valence-corrected chi connectivity index (χ1v) is 13.9. The molecule has 0 spiro atoms. The number of morpholine rings is 1. The van der Waals surface area contributed by atoms with Crippen LogP contribution in [-0.2, 0) is 20.7 Å². The molecule has 2 amide bonds. The lowest BCUT2D eigenvalue weighted by molar-refractivity contribution is -0.124. The number of halogens is 6. The number of benzene rings is 2. The van der Waals surface area contributed by atoms with Crippen LogP contribution in [0.2, 0.25) is 0 Å². The van der Waals surface area contributed by atoms with Crippen LogP contribution in [0, 0.1) is 17.5 Å². The number of alkyl carbamates (subject to hydrolysis) is 1. The van der Waals surface area contributed by atoms with Gasteiger partial charge in [0, 0.05) is 18.0 Å². The summed E-state index contributed by atoms with van der Waals surface area (Å²) >= 11 is 0. The second-order valence-corrected chi connectivity index (χ2v) is 10.4. The van der Waals surface area contributed by atoms with Crippen molar-refractivity contribution < 1.29 is 45.4 Å². The Kier molecular flexibility index (Phi) is 11.4. The van der Waals surface area contributed by atoms with Crippen LogP contribution >= 0.6 is 0 Å². The zero-order chi connectivity index (χ0) is 32.6. The largest absolute Gasteiger partial charge is 0.448 e. The highest BCUT2D eigenvalue weighted by Gasteiger charge is 2.30. The summed E-state index contributed by atoms with van der Waals surface area (Å²) in [6.45, 7) is -1.36. The lowest BCUT2D eigenvalue weighted by Gasteiger charge is -2.30. The first kappa shape index (κ1) is 33.7. The van der Waals surface area contributed by atoms with E-state index in [2.05, 4.69) is 15.6 Å². The third kappa shape index (κ3) is 9.89. The van der Waals surface area contributed by atoms with E-state index >= 15 is 0 Å². The van der Waals surface area contributed by atoms with E-state index in [1.54, 1.807) is 5.32 Å².